The van der Waals surface area contributed by atoms with Crippen molar-refractivity contribution in [3.63, 3.8) is 0 Å². The van der Waals surface area contributed by atoms with E-state index in [9.17, 15) is 4.79 Å². The molecule has 0 amide bonds. The van der Waals surface area contributed by atoms with Gasteiger partial charge in [0.15, 0.2) is 11.5 Å². The molecule has 1 aliphatic heterocycles. The van der Waals surface area contributed by atoms with Gasteiger partial charge in [-0.1, -0.05) is 49.2 Å². The Labute approximate surface area is 240 Å². The fourth-order valence-corrected chi connectivity index (χ4v) is 4.54. The van der Waals surface area contributed by atoms with Crippen molar-refractivity contribution in [2.75, 3.05) is 53.6 Å². The molecule has 1 fully saturated rings. The van der Waals surface area contributed by atoms with Gasteiger partial charge in [0.05, 0.1) is 27.4 Å². The summed E-state index contributed by atoms with van der Waals surface area (Å²) < 4.78 is 22.5. The highest BCUT2D eigenvalue weighted by Crippen LogP contribution is 2.40. The molecule has 38 heavy (non-hydrogen) atoms. The zero-order valence-corrected chi connectivity index (χ0v) is 24.6. The summed E-state index contributed by atoms with van der Waals surface area (Å²) in [4.78, 5) is 16.5. The van der Waals surface area contributed by atoms with Crippen molar-refractivity contribution in [3.05, 3.63) is 53.6 Å². The van der Waals surface area contributed by atoms with Gasteiger partial charge in [0, 0.05) is 51.3 Å². The summed E-state index contributed by atoms with van der Waals surface area (Å²) in [6.45, 7) is 8.81. The lowest BCUT2D eigenvalue weighted by Gasteiger charge is -2.35. The first-order valence-electron chi connectivity index (χ1n) is 13.2. The van der Waals surface area contributed by atoms with Crippen LogP contribution in [0, 0.1) is 0 Å². The van der Waals surface area contributed by atoms with E-state index in [0.29, 0.717) is 31.1 Å². The molecule has 1 saturated heterocycles. The van der Waals surface area contributed by atoms with Crippen molar-refractivity contribution < 1.29 is 23.7 Å². The second-order valence-electron chi connectivity index (χ2n) is 9.14. The lowest BCUT2D eigenvalue weighted by atomic mass is 10.1. The van der Waals surface area contributed by atoms with E-state index < -0.39 is 0 Å². The molecule has 2 aromatic rings. The number of carbonyl (C=O) groups excluding carboxylic acids is 1. The maximum absolute atomic E-state index is 11.5. The van der Waals surface area contributed by atoms with Gasteiger partial charge in [-0.3, -0.25) is 14.6 Å². The van der Waals surface area contributed by atoms with E-state index >= 15 is 0 Å². The van der Waals surface area contributed by atoms with Crippen molar-refractivity contribution in [2.45, 2.75) is 52.1 Å². The van der Waals surface area contributed by atoms with E-state index in [1.807, 2.05) is 13.0 Å². The molecule has 7 nitrogen and oxygen atoms in total. The summed E-state index contributed by atoms with van der Waals surface area (Å²) >= 11 is 0. The predicted molar refractivity (Wildman–Crippen MR) is 156 cm³/mol. The Balaban J connectivity index is 0.00000361. The van der Waals surface area contributed by atoms with Crippen LogP contribution in [-0.2, 0) is 22.6 Å². The van der Waals surface area contributed by atoms with Crippen LogP contribution in [-0.4, -0.2) is 69.4 Å². The lowest BCUT2D eigenvalue weighted by molar-refractivity contribution is -0.143. The number of piperazine rings is 1. The Hall–Kier alpha value is -2.19. The summed E-state index contributed by atoms with van der Waals surface area (Å²) in [7, 11) is 3.31. The minimum Gasteiger partial charge on any atom is -0.493 e. The molecule has 0 saturated carbocycles. The summed E-state index contributed by atoms with van der Waals surface area (Å²) in [6, 6.07) is 14.7. The fraction of sp³-hybridized carbons (Fsp3) is 0.552. The summed E-state index contributed by atoms with van der Waals surface area (Å²) in [5, 5.41) is 0. The highest BCUT2D eigenvalue weighted by atomic mass is 35.5. The molecule has 0 aromatic heterocycles. The molecule has 0 N–H and O–H groups in total. The van der Waals surface area contributed by atoms with Crippen LogP contribution in [0.5, 0.6) is 17.2 Å². The average molecular weight is 572 g/mol. The van der Waals surface area contributed by atoms with E-state index in [1.54, 1.807) is 14.2 Å². The maximum atomic E-state index is 11.5. The number of carbonyl (C=O) groups is 1. The number of hydrogen-bond acceptors (Lipinski definition) is 7. The first kappa shape index (κ1) is 33.8. The first-order valence-corrected chi connectivity index (χ1v) is 13.2. The van der Waals surface area contributed by atoms with Crippen LogP contribution in [0.25, 0.3) is 0 Å². The minimum absolute atomic E-state index is 0. The lowest BCUT2D eigenvalue weighted by Crippen LogP contribution is -2.45. The monoisotopic (exact) mass is 570 g/mol. The van der Waals surface area contributed by atoms with Crippen LogP contribution in [0.4, 0.5) is 0 Å². The van der Waals surface area contributed by atoms with Crippen LogP contribution in [0.1, 0.15) is 50.2 Å². The van der Waals surface area contributed by atoms with Crippen molar-refractivity contribution >= 4 is 30.8 Å². The Bertz CT molecular complexity index is 925. The molecule has 0 bridgehead atoms. The number of benzene rings is 2. The SMILES string of the molecule is CCOC(=O)CCCCCCOc1c(CN2CCN(Cc3ccccc3)CC2)ccc(OC)c1OC.Cl.Cl. The quantitative estimate of drug-likeness (QED) is 0.199. The van der Waals surface area contributed by atoms with Gasteiger partial charge in [0.25, 0.3) is 0 Å². The topological polar surface area (TPSA) is 60.5 Å². The Morgan fingerprint density at radius 1 is 0.789 bits per heavy atom. The van der Waals surface area contributed by atoms with Crippen LogP contribution in [0.15, 0.2) is 42.5 Å². The summed E-state index contributed by atoms with van der Waals surface area (Å²) in [5.74, 6) is 1.99. The van der Waals surface area contributed by atoms with Crippen LogP contribution < -0.4 is 14.2 Å². The number of nitrogens with zero attached hydrogens (tertiary/aromatic N) is 2. The molecule has 0 unspecified atom stereocenters. The van der Waals surface area contributed by atoms with Crippen molar-refractivity contribution in [1.82, 2.24) is 9.80 Å². The molecule has 3 rings (SSSR count). The molecule has 214 valence electrons. The third-order valence-electron chi connectivity index (χ3n) is 6.52. The molecule has 0 atom stereocenters. The van der Waals surface area contributed by atoms with Gasteiger partial charge in [-0.25, -0.2) is 0 Å². The van der Waals surface area contributed by atoms with Crippen molar-refractivity contribution in [1.29, 1.82) is 0 Å². The normalized spacial score (nSPS) is 13.7. The van der Waals surface area contributed by atoms with E-state index in [0.717, 1.165) is 76.3 Å². The second-order valence-corrected chi connectivity index (χ2v) is 9.14. The average Bonchev–Trinajstić information content (AvgIpc) is 2.90. The van der Waals surface area contributed by atoms with Gasteiger partial charge >= 0.3 is 5.97 Å². The third kappa shape index (κ3) is 10.9. The Morgan fingerprint density at radius 2 is 1.45 bits per heavy atom. The molecule has 0 aliphatic carbocycles. The number of methoxy groups -OCH3 is 2. The van der Waals surface area contributed by atoms with Crippen molar-refractivity contribution in [3.8, 4) is 17.2 Å². The van der Waals surface area contributed by atoms with Gasteiger partial charge in [0.1, 0.15) is 0 Å². The highest BCUT2D eigenvalue weighted by Gasteiger charge is 2.22. The van der Waals surface area contributed by atoms with E-state index in [4.69, 9.17) is 18.9 Å². The molecule has 2 aromatic carbocycles. The zero-order valence-electron chi connectivity index (χ0n) is 23.0. The van der Waals surface area contributed by atoms with Crippen LogP contribution in [0.2, 0.25) is 0 Å². The second kappa shape index (κ2) is 19.0. The van der Waals surface area contributed by atoms with Gasteiger partial charge < -0.3 is 18.9 Å². The molecular weight excluding hydrogens is 527 g/mol. The fourth-order valence-electron chi connectivity index (χ4n) is 4.54. The van der Waals surface area contributed by atoms with E-state index in [1.165, 1.54) is 5.56 Å². The van der Waals surface area contributed by atoms with Crippen LogP contribution in [0.3, 0.4) is 0 Å². The number of halogens is 2. The summed E-state index contributed by atoms with van der Waals surface area (Å²) in [5.41, 5.74) is 2.48. The molecule has 1 heterocycles. The van der Waals surface area contributed by atoms with E-state index in [-0.39, 0.29) is 30.8 Å². The minimum atomic E-state index is -0.111. The van der Waals surface area contributed by atoms with Gasteiger partial charge in [-0.2, -0.15) is 0 Å². The predicted octanol–water partition coefficient (Wildman–Crippen LogP) is 5.76. The molecule has 0 radical (unpaired) electrons. The van der Waals surface area contributed by atoms with Gasteiger partial charge in [0.2, 0.25) is 5.75 Å². The molecule has 0 spiro atoms. The number of ether oxygens (including phenoxy) is 4. The molecular formula is C29H44Cl2N2O5. The zero-order chi connectivity index (χ0) is 25.6. The molecule has 9 heteroatoms. The number of hydrogen-bond donors (Lipinski definition) is 0. The summed E-state index contributed by atoms with van der Waals surface area (Å²) in [6.07, 6.45) is 4.24. The number of esters is 1. The maximum Gasteiger partial charge on any atom is 0.305 e. The smallest absolute Gasteiger partial charge is 0.305 e. The standard InChI is InChI=1S/C29H42N2O5.2ClH/c1-4-35-27(32)14-10-5-6-11-21-36-28-25(15-16-26(33-2)29(28)34-3)23-31-19-17-30(18-20-31)22-24-12-8-7-9-13-24;;/h7-9,12-13,15-16H,4-6,10-11,14,17-23H2,1-3H3;2*1H. The Morgan fingerprint density at radius 3 is 2.08 bits per heavy atom. The van der Waals surface area contributed by atoms with Gasteiger partial charge in [-0.05, 0) is 31.4 Å². The highest BCUT2D eigenvalue weighted by molar-refractivity contribution is 5.85. The Kier molecular flexibility index (Phi) is 16.9. The number of rotatable bonds is 15. The number of unbranched alkanes of at least 4 members (excludes halogenated alkanes) is 3. The first-order chi connectivity index (χ1) is 17.6. The largest absolute Gasteiger partial charge is 0.493 e. The third-order valence-corrected chi connectivity index (χ3v) is 6.52. The van der Waals surface area contributed by atoms with E-state index in [2.05, 4.69) is 46.2 Å². The van der Waals surface area contributed by atoms with Crippen molar-refractivity contribution in [2.24, 2.45) is 0 Å². The van der Waals surface area contributed by atoms with Gasteiger partial charge in [-0.15, -0.1) is 24.8 Å². The van der Waals surface area contributed by atoms with Crippen LogP contribution >= 0.6 is 24.8 Å². The molecule has 1 aliphatic rings.